The lowest BCUT2D eigenvalue weighted by Crippen LogP contribution is -2.38. The van der Waals surface area contributed by atoms with Gasteiger partial charge in [-0.1, -0.05) is 19.9 Å². The van der Waals surface area contributed by atoms with Crippen LogP contribution in [-0.2, 0) is 4.79 Å². The van der Waals surface area contributed by atoms with Gasteiger partial charge in [-0.15, -0.1) is 6.58 Å². The average Bonchev–Trinajstić information content (AvgIpc) is 2.84. The van der Waals surface area contributed by atoms with Gasteiger partial charge in [0.1, 0.15) is 5.78 Å². The standard InChI is InChI=1S/C12H20N2O/c1-6-7-10(8-9(2)15)11(3,4)12(5)13-14-12/h6,10H,1,7-8H2,2-5H3. The van der Waals surface area contributed by atoms with E-state index in [9.17, 15) is 4.79 Å². The van der Waals surface area contributed by atoms with Crippen LogP contribution in [0.1, 0.15) is 40.5 Å². The first kappa shape index (κ1) is 12.1. The van der Waals surface area contributed by atoms with Gasteiger partial charge < -0.3 is 4.79 Å². The van der Waals surface area contributed by atoms with E-state index in [1.54, 1.807) is 6.92 Å². The molecule has 3 heteroatoms. The number of rotatable bonds is 6. The molecule has 1 unspecified atom stereocenters. The van der Waals surface area contributed by atoms with Gasteiger partial charge in [0, 0.05) is 11.8 Å². The molecule has 0 amide bonds. The zero-order valence-corrected chi connectivity index (χ0v) is 10.1. The summed E-state index contributed by atoms with van der Waals surface area (Å²) in [5, 5.41) is 8.19. The summed E-state index contributed by atoms with van der Waals surface area (Å²) in [6.45, 7) is 11.7. The van der Waals surface area contributed by atoms with Crippen molar-refractivity contribution in [3.8, 4) is 0 Å². The highest BCUT2D eigenvalue weighted by Gasteiger charge is 2.53. The number of hydrogen-bond donors (Lipinski definition) is 0. The van der Waals surface area contributed by atoms with Crippen molar-refractivity contribution in [1.29, 1.82) is 0 Å². The van der Waals surface area contributed by atoms with Crippen molar-refractivity contribution < 1.29 is 4.79 Å². The monoisotopic (exact) mass is 208 g/mol. The van der Waals surface area contributed by atoms with E-state index in [1.165, 1.54) is 0 Å². The Morgan fingerprint density at radius 3 is 2.40 bits per heavy atom. The van der Waals surface area contributed by atoms with Crippen LogP contribution in [0.4, 0.5) is 0 Å². The van der Waals surface area contributed by atoms with E-state index in [0.717, 1.165) is 6.42 Å². The van der Waals surface area contributed by atoms with Gasteiger partial charge in [-0.2, -0.15) is 10.2 Å². The largest absolute Gasteiger partial charge is 0.300 e. The molecule has 84 valence electrons. The summed E-state index contributed by atoms with van der Waals surface area (Å²) >= 11 is 0. The molecule has 1 atom stereocenters. The third-order valence-corrected chi connectivity index (χ3v) is 3.63. The SMILES string of the molecule is C=CCC(CC(C)=O)C(C)(C)C1(C)N=N1. The minimum absolute atomic E-state index is 0.0765. The van der Waals surface area contributed by atoms with E-state index in [0.29, 0.717) is 6.42 Å². The highest BCUT2D eigenvalue weighted by Crippen LogP contribution is 2.51. The van der Waals surface area contributed by atoms with E-state index in [-0.39, 0.29) is 22.8 Å². The Morgan fingerprint density at radius 2 is 2.07 bits per heavy atom. The molecule has 0 aliphatic carbocycles. The van der Waals surface area contributed by atoms with Crippen molar-refractivity contribution in [2.75, 3.05) is 0 Å². The molecule has 0 saturated heterocycles. The fourth-order valence-electron chi connectivity index (χ4n) is 1.90. The summed E-state index contributed by atoms with van der Waals surface area (Å²) in [7, 11) is 0. The van der Waals surface area contributed by atoms with Crippen molar-refractivity contribution in [2.24, 2.45) is 21.6 Å². The Bertz CT molecular complexity index is 299. The smallest absolute Gasteiger partial charge is 0.193 e. The van der Waals surface area contributed by atoms with Gasteiger partial charge in [0.15, 0.2) is 5.66 Å². The van der Waals surface area contributed by atoms with Crippen LogP contribution in [0.3, 0.4) is 0 Å². The second kappa shape index (κ2) is 3.87. The van der Waals surface area contributed by atoms with Crippen LogP contribution in [0.5, 0.6) is 0 Å². The molecule has 0 radical (unpaired) electrons. The molecule has 0 spiro atoms. The van der Waals surface area contributed by atoms with Crippen LogP contribution in [0.2, 0.25) is 0 Å². The Hall–Kier alpha value is -0.990. The fourth-order valence-corrected chi connectivity index (χ4v) is 1.90. The summed E-state index contributed by atoms with van der Waals surface area (Å²) in [6, 6.07) is 0. The topological polar surface area (TPSA) is 41.8 Å². The predicted molar refractivity (Wildman–Crippen MR) is 60.6 cm³/mol. The number of carbonyl (C=O) groups excluding carboxylic acids is 1. The van der Waals surface area contributed by atoms with Gasteiger partial charge >= 0.3 is 0 Å². The number of nitrogens with zero attached hydrogens (tertiary/aromatic N) is 2. The molecule has 0 bridgehead atoms. The van der Waals surface area contributed by atoms with Crippen molar-refractivity contribution in [3.05, 3.63) is 12.7 Å². The number of ketones is 1. The van der Waals surface area contributed by atoms with E-state index < -0.39 is 0 Å². The number of hydrogen-bond acceptors (Lipinski definition) is 3. The highest BCUT2D eigenvalue weighted by atomic mass is 16.1. The summed E-state index contributed by atoms with van der Waals surface area (Å²) < 4.78 is 0. The maximum absolute atomic E-state index is 11.2. The first-order valence-corrected chi connectivity index (χ1v) is 5.38. The molecule has 3 nitrogen and oxygen atoms in total. The third-order valence-electron chi connectivity index (χ3n) is 3.63. The molecule has 1 aliphatic heterocycles. The van der Waals surface area contributed by atoms with Gasteiger partial charge in [0.25, 0.3) is 0 Å². The number of Topliss-reactive ketones (excluding diaryl/α,β-unsaturated/α-hetero) is 1. The van der Waals surface area contributed by atoms with Crippen LogP contribution in [0.15, 0.2) is 22.9 Å². The summed E-state index contributed by atoms with van der Waals surface area (Å²) in [5.41, 5.74) is -0.372. The van der Waals surface area contributed by atoms with Crippen LogP contribution < -0.4 is 0 Å². The third kappa shape index (κ3) is 2.33. The normalized spacial score (nSPS) is 19.7. The molecule has 0 aromatic carbocycles. The van der Waals surface area contributed by atoms with E-state index in [1.807, 2.05) is 13.0 Å². The molecule has 1 aliphatic rings. The summed E-state index contributed by atoms with van der Waals surface area (Å²) in [6.07, 6.45) is 3.30. The molecule has 15 heavy (non-hydrogen) atoms. The summed E-state index contributed by atoms with van der Waals surface area (Å²) in [5.74, 6) is 0.492. The molecule has 0 aromatic rings. The molecule has 0 aromatic heterocycles. The number of allylic oxidation sites excluding steroid dienone is 1. The predicted octanol–water partition coefficient (Wildman–Crippen LogP) is 3.37. The Morgan fingerprint density at radius 1 is 1.53 bits per heavy atom. The maximum atomic E-state index is 11.2. The zero-order valence-electron chi connectivity index (χ0n) is 10.1. The minimum atomic E-state index is -0.296. The molecule has 0 fully saturated rings. The highest BCUT2D eigenvalue weighted by molar-refractivity contribution is 5.75. The molecule has 0 N–H and O–H groups in total. The van der Waals surface area contributed by atoms with Gasteiger partial charge in [-0.3, -0.25) is 0 Å². The lowest BCUT2D eigenvalue weighted by atomic mass is 9.68. The van der Waals surface area contributed by atoms with Crippen molar-refractivity contribution in [3.63, 3.8) is 0 Å². The van der Waals surface area contributed by atoms with Gasteiger partial charge in [-0.05, 0) is 26.2 Å². The van der Waals surface area contributed by atoms with Gasteiger partial charge in [0.05, 0.1) is 0 Å². The molecular weight excluding hydrogens is 188 g/mol. The summed E-state index contributed by atoms with van der Waals surface area (Å²) in [4.78, 5) is 11.2. The lowest BCUT2D eigenvalue weighted by Gasteiger charge is -2.36. The van der Waals surface area contributed by atoms with Crippen molar-refractivity contribution in [1.82, 2.24) is 0 Å². The second-order valence-corrected chi connectivity index (χ2v) is 5.07. The van der Waals surface area contributed by atoms with Crippen molar-refractivity contribution >= 4 is 5.78 Å². The second-order valence-electron chi connectivity index (χ2n) is 5.07. The maximum Gasteiger partial charge on any atom is 0.193 e. The quantitative estimate of drug-likeness (QED) is 0.617. The van der Waals surface area contributed by atoms with Gasteiger partial charge in [0.2, 0.25) is 0 Å². The Balaban J connectivity index is 2.77. The lowest BCUT2D eigenvalue weighted by molar-refractivity contribution is -0.119. The molecule has 1 heterocycles. The Kier molecular flexibility index (Phi) is 3.12. The van der Waals surface area contributed by atoms with Crippen LogP contribution in [0, 0.1) is 11.3 Å². The average molecular weight is 208 g/mol. The van der Waals surface area contributed by atoms with E-state index >= 15 is 0 Å². The number of carbonyl (C=O) groups is 1. The van der Waals surface area contributed by atoms with E-state index in [2.05, 4.69) is 30.7 Å². The molecule has 1 rings (SSSR count). The van der Waals surface area contributed by atoms with Crippen LogP contribution in [0.25, 0.3) is 0 Å². The Labute approximate surface area is 91.7 Å². The minimum Gasteiger partial charge on any atom is -0.300 e. The van der Waals surface area contributed by atoms with E-state index in [4.69, 9.17) is 0 Å². The van der Waals surface area contributed by atoms with Gasteiger partial charge in [-0.25, -0.2) is 0 Å². The zero-order chi connectivity index (χ0) is 11.7. The fraction of sp³-hybridized carbons (Fsp3) is 0.750. The molecular formula is C12H20N2O. The van der Waals surface area contributed by atoms with Crippen molar-refractivity contribution in [2.45, 2.75) is 46.2 Å². The molecule has 0 saturated carbocycles. The van der Waals surface area contributed by atoms with Crippen LogP contribution >= 0.6 is 0 Å². The van der Waals surface area contributed by atoms with Crippen LogP contribution in [-0.4, -0.2) is 11.4 Å². The first-order valence-electron chi connectivity index (χ1n) is 5.38. The first-order chi connectivity index (χ1) is 6.83.